The Morgan fingerprint density at radius 2 is 2.06 bits per heavy atom. The van der Waals surface area contributed by atoms with Crippen molar-refractivity contribution in [1.82, 2.24) is 4.90 Å². The summed E-state index contributed by atoms with van der Waals surface area (Å²) in [4.78, 5) is 25.2. The maximum atomic E-state index is 12.0. The number of amides is 1. The van der Waals surface area contributed by atoms with Crippen LogP contribution in [-0.4, -0.2) is 35.0 Å². The zero-order valence-corrected chi connectivity index (χ0v) is 10.9. The second-order valence-corrected chi connectivity index (χ2v) is 6.07. The maximum absolute atomic E-state index is 12.0. The van der Waals surface area contributed by atoms with Gasteiger partial charge in [-0.1, -0.05) is 0 Å². The molecule has 0 aromatic carbocycles. The molecule has 1 saturated heterocycles. The number of Topliss-reactive ketones (excluding diaryl/α,β-unsaturated/α-hetero) is 1. The molecule has 2 aliphatic rings. The second kappa shape index (κ2) is 4.31. The third-order valence-electron chi connectivity index (χ3n) is 3.52. The van der Waals surface area contributed by atoms with Crippen molar-refractivity contribution in [2.75, 3.05) is 6.54 Å². The highest BCUT2D eigenvalue weighted by Crippen LogP contribution is 2.35. The van der Waals surface area contributed by atoms with E-state index in [2.05, 4.69) is 0 Å². The number of likely N-dealkylation sites (tertiary alicyclic amines) is 1. The van der Waals surface area contributed by atoms with Crippen LogP contribution in [-0.2, 0) is 9.53 Å². The molecule has 0 aromatic rings. The summed E-state index contributed by atoms with van der Waals surface area (Å²) in [5.41, 5.74) is -0.445. The van der Waals surface area contributed by atoms with Gasteiger partial charge in [-0.05, 0) is 39.5 Å². The first-order valence-electron chi connectivity index (χ1n) is 6.38. The number of nitrogens with zero attached hydrogens (tertiary/aromatic N) is 1. The molecule has 1 aliphatic carbocycles. The van der Waals surface area contributed by atoms with Gasteiger partial charge in [0.2, 0.25) is 0 Å². The fourth-order valence-corrected chi connectivity index (χ4v) is 2.80. The standard InChI is InChI=1S/C13H21NO3/c1-13(2,3)17-12(16)14-7-6-9-8-10(15)4-5-11(9)14/h9,11H,4-8H2,1-3H3/t9-,11+/m0/s1. The number of hydrogen-bond donors (Lipinski definition) is 0. The first kappa shape index (κ1) is 12.4. The van der Waals surface area contributed by atoms with Gasteiger partial charge in [-0.15, -0.1) is 0 Å². The van der Waals surface area contributed by atoms with Crippen molar-refractivity contribution in [2.24, 2.45) is 5.92 Å². The van der Waals surface area contributed by atoms with Crippen LogP contribution >= 0.6 is 0 Å². The lowest BCUT2D eigenvalue weighted by Gasteiger charge is -2.32. The van der Waals surface area contributed by atoms with Gasteiger partial charge in [0, 0.05) is 25.4 Å². The van der Waals surface area contributed by atoms with E-state index in [4.69, 9.17) is 4.74 Å². The number of fused-ring (bicyclic) bond motifs is 1. The Labute approximate surface area is 102 Å². The van der Waals surface area contributed by atoms with Crippen molar-refractivity contribution in [2.45, 2.75) is 58.1 Å². The molecular weight excluding hydrogens is 218 g/mol. The quantitative estimate of drug-likeness (QED) is 0.652. The van der Waals surface area contributed by atoms with Crippen molar-refractivity contribution in [3.8, 4) is 0 Å². The summed E-state index contributed by atoms with van der Waals surface area (Å²) in [6, 6.07) is 0.225. The molecule has 0 unspecified atom stereocenters. The lowest BCUT2D eigenvalue weighted by Crippen LogP contribution is -2.43. The average molecular weight is 239 g/mol. The highest BCUT2D eigenvalue weighted by molar-refractivity contribution is 5.80. The Balaban J connectivity index is 1.99. The highest BCUT2D eigenvalue weighted by atomic mass is 16.6. The summed E-state index contributed by atoms with van der Waals surface area (Å²) < 4.78 is 5.40. The van der Waals surface area contributed by atoms with Crippen LogP contribution in [0, 0.1) is 5.92 Å². The summed E-state index contributed by atoms with van der Waals surface area (Å²) in [5, 5.41) is 0. The molecule has 0 bridgehead atoms. The normalized spacial score (nSPS) is 29.1. The van der Waals surface area contributed by atoms with E-state index in [9.17, 15) is 9.59 Å². The predicted octanol–water partition coefficient (Wildman–Crippen LogP) is 2.37. The topological polar surface area (TPSA) is 46.6 Å². The minimum Gasteiger partial charge on any atom is -0.444 e. The Hall–Kier alpha value is -1.06. The molecular formula is C13H21NO3. The number of rotatable bonds is 0. The molecule has 2 atom stereocenters. The zero-order chi connectivity index (χ0) is 12.6. The minimum absolute atomic E-state index is 0.223. The summed E-state index contributed by atoms with van der Waals surface area (Å²) in [7, 11) is 0. The number of carbonyl (C=O) groups is 2. The summed E-state index contributed by atoms with van der Waals surface area (Å²) in [6.45, 7) is 6.37. The third-order valence-corrected chi connectivity index (χ3v) is 3.52. The van der Waals surface area contributed by atoms with Crippen LogP contribution in [0.25, 0.3) is 0 Å². The van der Waals surface area contributed by atoms with E-state index >= 15 is 0 Å². The van der Waals surface area contributed by atoms with E-state index < -0.39 is 5.60 Å². The summed E-state index contributed by atoms with van der Waals surface area (Å²) >= 11 is 0. The largest absolute Gasteiger partial charge is 0.444 e. The van der Waals surface area contributed by atoms with Gasteiger partial charge in [-0.25, -0.2) is 4.79 Å². The zero-order valence-electron chi connectivity index (χ0n) is 10.9. The molecule has 0 aromatic heterocycles. The van der Waals surface area contributed by atoms with Crippen LogP contribution in [0.1, 0.15) is 46.5 Å². The fraction of sp³-hybridized carbons (Fsp3) is 0.846. The van der Waals surface area contributed by atoms with Crippen LogP contribution in [0.5, 0.6) is 0 Å². The number of ketones is 1. The molecule has 0 N–H and O–H groups in total. The molecule has 1 saturated carbocycles. The molecule has 2 rings (SSSR count). The van der Waals surface area contributed by atoms with Crippen LogP contribution < -0.4 is 0 Å². The molecule has 4 nitrogen and oxygen atoms in total. The molecule has 2 fully saturated rings. The van der Waals surface area contributed by atoms with Crippen molar-refractivity contribution >= 4 is 11.9 Å². The first-order chi connectivity index (χ1) is 7.87. The average Bonchev–Trinajstić information content (AvgIpc) is 2.57. The van der Waals surface area contributed by atoms with Crippen molar-refractivity contribution in [1.29, 1.82) is 0 Å². The number of carbonyl (C=O) groups excluding carboxylic acids is 2. The summed E-state index contributed by atoms with van der Waals surface area (Å²) in [5.74, 6) is 0.709. The molecule has 0 spiro atoms. The van der Waals surface area contributed by atoms with E-state index in [1.165, 1.54) is 0 Å². The lowest BCUT2D eigenvalue weighted by atomic mass is 9.84. The van der Waals surface area contributed by atoms with Crippen LogP contribution in [0.2, 0.25) is 0 Å². The third kappa shape index (κ3) is 2.79. The monoisotopic (exact) mass is 239 g/mol. The lowest BCUT2D eigenvalue weighted by molar-refractivity contribution is -0.122. The van der Waals surface area contributed by atoms with Gasteiger partial charge >= 0.3 is 6.09 Å². The molecule has 96 valence electrons. The van der Waals surface area contributed by atoms with E-state index in [0.29, 0.717) is 24.5 Å². The van der Waals surface area contributed by atoms with Gasteiger partial charge < -0.3 is 9.64 Å². The van der Waals surface area contributed by atoms with Gasteiger partial charge in [-0.3, -0.25) is 4.79 Å². The molecule has 17 heavy (non-hydrogen) atoms. The van der Waals surface area contributed by atoms with Crippen LogP contribution in [0.4, 0.5) is 4.79 Å². The van der Waals surface area contributed by atoms with Crippen LogP contribution in [0.15, 0.2) is 0 Å². The number of ether oxygens (including phenoxy) is 1. The Morgan fingerprint density at radius 3 is 2.71 bits per heavy atom. The highest BCUT2D eigenvalue weighted by Gasteiger charge is 2.41. The fourth-order valence-electron chi connectivity index (χ4n) is 2.80. The van der Waals surface area contributed by atoms with E-state index in [0.717, 1.165) is 19.4 Å². The van der Waals surface area contributed by atoms with E-state index in [1.54, 1.807) is 0 Å². The smallest absolute Gasteiger partial charge is 0.410 e. The van der Waals surface area contributed by atoms with Crippen molar-refractivity contribution < 1.29 is 14.3 Å². The first-order valence-corrected chi connectivity index (χ1v) is 6.38. The van der Waals surface area contributed by atoms with Gasteiger partial charge in [0.15, 0.2) is 0 Å². The second-order valence-electron chi connectivity index (χ2n) is 6.07. The summed E-state index contributed by atoms with van der Waals surface area (Å²) in [6.07, 6.45) is 2.78. The maximum Gasteiger partial charge on any atom is 0.410 e. The van der Waals surface area contributed by atoms with E-state index in [1.807, 2.05) is 25.7 Å². The van der Waals surface area contributed by atoms with Gasteiger partial charge in [0.1, 0.15) is 11.4 Å². The Kier molecular flexibility index (Phi) is 3.15. The van der Waals surface area contributed by atoms with Crippen LogP contribution in [0.3, 0.4) is 0 Å². The van der Waals surface area contributed by atoms with Gasteiger partial charge in [0.05, 0.1) is 0 Å². The molecule has 4 heteroatoms. The SMILES string of the molecule is CC(C)(C)OC(=O)N1CC[C@H]2CC(=O)CC[C@H]21. The number of hydrogen-bond acceptors (Lipinski definition) is 3. The molecule has 1 heterocycles. The predicted molar refractivity (Wildman–Crippen MR) is 63.7 cm³/mol. The molecule has 0 radical (unpaired) electrons. The minimum atomic E-state index is -0.445. The molecule has 1 amide bonds. The molecule has 1 aliphatic heterocycles. The van der Waals surface area contributed by atoms with Crippen molar-refractivity contribution in [3.05, 3.63) is 0 Å². The van der Waals surface area contributed by atoms with Gasteiger partial charge in [-0.2, -0.15) is 0 Å². The Bertz CT molecular complexity index is 332. The van der Waals surface area contributed by atoms with Gasteiger partial charge in [0.25, 0.3) is 0 Å². The van der Waals surface area contributed by atoms with E-state index in [-0.39, 0.29) is 12.1 Å². The Morgan fingerprint density at radius 1 is 1.35 bits per heavy atom. The van der Waals surface area contributed by atoms with Crippen molar-refractivity contribution in [3.63, 3.8) is 0 Å².